The Kier molecular flexibility index (Phi) is 6.53. The lowest BCUT2D eigenvalue weighted by molar-refractivity contribution is -0.136. The van der Waals surface area contributed by atoms with Crippen LogP contribution in [0.25, 0.3) is 0 Å². The zero-order valence-corrected chi connectivity index (χ0v) is 16.0. The number of carbonyl (C=O) groups is 1. The lowest BCUT2D eigenvalue weighted by Gasteiger charge is -2.30. The van der Waals surface area contributed by atoms with Crippen LogP contribution in [0.4, 0.5) is 4.39 Å². The second-order valence-corrected chi connectivity index (χ2v) is 7.24. The van der Waals surface area contributed by atoms with Gasteiger partial charge in [0.1, 0.15) is 11.9 Å². The molecule has 1 saturated heterocycles. The third-order valence-electron chi connectivity index (χ3n) is 4.94. The highest BCUT2D eigenvalue weighted by Gasteiger charge is 2.29. The van der Waals surface area contributed by atoms with Gasteiger partial charge in [-0.15, -0.1) is 0 Å². The fraction of sp³-hybridized carbons (Fsp3) is 0.429. The quantitative estimate of drug-likeness (QED) is 0.811. The summed E-state index contributed by atoms with van der Waals surface area (Å²) in [6.07, 6.45) is 4.59. The molecule has 0 radical (unpaired) electrons. The number of hydrogen-bond donors (Lipinski definition) is 0. The molecule has 3 rings (SSSR count). The van der Waals surface area contributed by atoms with Gasteiger partial charge in [-0.05, 0) is 49.8 Å². The van der Waals surface area contributed by atoms with Gasteiger partial charge in [0, 0.05) is 45.1 Å². The van der Waals surface area contributed by atoms with Crippen LogP contribution >= 0.6 is 0 Å². The van der Waals surface area contributed by atoms with E-state index in [-0.39, 0.29) is 11.7 Å². The van der Waals surface area contributed by atoms with Crippen LogP contribution in [-0.2, 0) is 11.3 Å². The summed E-state index contributed by atoms with van der Waals surface area (Å²) >= 11 is 0. The highest BCUT2D eigenvalue weighted by atomic mass is 19.1. The van der Waals surface area contributed by atoms with Gasteiger partial charge < -0.3 is 4.90 Å². The fourth-order valence-electron chi connectivity index (χ4n) is 3.61. The van der Waals surface area contributed by atoms with E-state index in [0.717, 1.165) is 32.6 Å². The summed E-state index contributed by atoms with van der Waals surface area (Å²) < 4.78 is 13.7. The van der Waals surface area contributed by atoms with Crippen molar-refractivity contribution < 1.29 is 9.18 Å². The number of hydrogen-bond acceptors (Lipinski definition) is 4. The minimum absolute atomic E-state index is 0.0360. The summed E-state index contributed by atoms with van der Waals surface area (Å²) in [5, 5.41) is 0. The molecule has 1 atom stereocenters. The molecule has 2 heterocycles. The highest BCUT2D eigenvalue weighted by molar-refractivity contribution is 5.83. The molecule has 1 amide bonds. The van der Waals surface area contributed by atoms with E-state index < -0.39 is 6.04 Å². The van der Waals surface area contributed by atoms with E-state index in [1.807, 2.05) is 42.2 Å². The summed E-state index contributed by atoms with van der Waals surface area (Å²) in [5.74, 6) is -0.278. The van der Waals surface area contributed by atoms with Crippen molar-refractivity contribution >= 4 is 5.91 Å². The Hall–Kier alpha value is -2.31. The number of aromatic nitrogens is 1. The van der Waals surface area contributed by atoms with Gasteiger partial charge in [0.05, 0.1) is 0 Å². The second-order valence-electron chi connectivity index (χ2n) is 7.24. The van der Waals surface area contributed by atoms with Gasteiger partial charge in [0.25, 0.3) is 0 Å². The molecule has 0 saturated carbocycles. The molecule has 0 aliphatic carbocycles. The Morgan fingerprint density at radius 3 is 2.74 bits per heavy atom. The van der Waals surface area contributed by atoms with E-state index in [2.05, 4.69) is 16.0 Å². The molecule has 1 fully saturated rings. The Morgan fingerprint density at radius 1 is 1.19 bits per heavy atom. The van der Waals surface area contributed by atoms with Crippen LogP contribution in [-0.4, -0.2) is 65.9 Å². The first-order chi connectivity index (χ1) is 13.0. The molecule has 144 valence electrons. The third-order valence-corrected chi connectivity index (χ3v) is 4.94. The number of halogens is 1. The predicted molar refractivity (Wildman–Crippen MR) is 104 cm³/mol. The van der Waals surface area contributed by atoms with E-state index in [1.54, 1.807) is 12.3 Å². The Morgan fingerprint density at radius 2 is 2.04 bits per heavy atom. The minimum Gasteiger partial charge on any atom is -0.340 e. The second kappa shape index (κ2) is 9.06. The molecule has 1 aromatic carbocycles. The van der Waals surface area contributed by atoms with Crippen molar-refractivity contribution in [2.45, 2.75) is 19.0 Å². The van der Waals surface area contributed by atoms with Gasteiger partial charge in [-0.25, -0.2) is 4.39 Å². The molecule has 1 aliphatic rings. The number of carbonyl (C=O) groups excluding carboxylic acids is 1. The molecule has 6 heteroatoms. The number of rotatable bonds is 5. The lowest BCUT2D eigenvalue weighted by atomic mass is 10.0. The van der Waals surface area contributed by atoms with Gasteiger partial charge in [-0.1, -0.05) is 18.2 Å². The van der Waals surface area contributed by atoms with Crippen LogP contribution in [0.2, 0.25) is 0 Å². The Bertz CT molecular complexity index is 753. The summed E-state index contributed by atoms with van der Waals surface area (Å²) in [7, 11) is 3.72. The van der Waals surface area contributed by atoms with Crippen molar-refractivity contribution in [2.75, 3.05) is 40.3 Å². The molecule has 1 aliphatic heterocycles. The van der Waals surface area contributed by atoms with Gasteiger partial charge in [-0.3, -0.25) is 19.6 Å². The summed E-state index contributed by atoms with van der Waals surface area (Å²) in [6, 6.07) is 9.89. The van der Waals surface area contributed by atoms with Crippen molar-refractivity contribution in [3.05, 3.63) is 65.7 Å². The Balaban J connectivity index is 1.67. The maximum absolute atomic E-state index is 13.7. The maximum Gasteiger partial charge on any atom is 0.244 e. The van der Waals surface area contributed by atoms with E-state index in [1.165, 1.54) is 17.7 Å². The number of benzene rings is 1. The first kappa shape index (κ1) is 19.5. The standard InChI is InChI=1S/C21H27FN4O/c1-24(2)20(18-7-3-8-19(22)14-18)21(27)26-11-5-10-25(12-13-26)16-17-6-4-9-23-15-17/h3-4,6-9,14-15,20H,5,10-13,16H2,1-2H3/t20-/m0/s1. The first-order valence-corrected chi connectivity index (χ1v) is 9.36. The first-order valence-electron chi connectivity index (χ1n) is 9.36. The molecule has 0 unspecified atom stereocenters. The molecule has 0 spiro atoms. The van der Waals surface area contributed by atoms with Gasteiger partial charge in [0.15, 0.2) is 0 Å². The van der Waals surface area contributed by atoms with Crippen LogP contribution in [0.5, 0.6) is 0 Å². The summed E-state index contributed by atoms with van der Waals surface area (Å²) in [6.45, 7) is 4.02. The Labute approximate surface area is 160 Å². The largest absolute Gasteiger partial charge is 0.340 e. The molecule has 5 nitrogen and oxygen atoms in total. The number of likely N-dealkylation sites (N-methyl/N-ethyl adjacent to an activating group) is 1. The molecule has 2 aromatic rings. The molecule has 1 aromatic heterocycles. The highest BCUT2D eigenvalue weighted by Crippen LogP contribution is 2.23. The molecule has 0 N–H and O–H groups in total. The fourth-order valence-corrected chi connectivity index (χ4v) is 3.61. The molecular formula is C21H27FN4O. The number of amides is 1. The van der Waals surface area contributed by atoms with E-state index in [0.29, 0.717) is 12.1 Å². The third kappa shape index (κ3) is 5.11. The van der Waals surface area contributed by atoms with Crippen LogP contribution in [0.1, 0.15) is 23.6 Å². The zero-order valence-electron chi connectivity index (χ0n) is 16.0. The van der Waals surface area contributed by atoms with E-state index in [4.69, 9.17) is 0 Å². The van der Waals surface area contributed by atoms with Crippen LogP contribution in [0, 0.1) is 5.82 Å². The average Bonchev–Trinajstić information content (AvgIpc) is 2.88. The maximum atomic E-state index is 13.7. The normalized spacial score (nSPS) is 17.0. The summed E-state index contributed by atoms with van der Waals surface area (Å²) in [5.41, 5.74) is 1.88. The van der Waals surface area contributed by atoms with E-state index in [9.17, 15) is 9.18 Å². The van der Waals surface area contributed by atoms with Gasteiger partial charge in [-0.2, -0.15) is 0 Å². The van der Waals surface area contributed by atoms with E-state index >= 15 is 0 Å². The average molecular weight is 370 g/mol. The monoisotopic (exact) mass is 370 g/mol. The topological polar surface area (TPSA) is 39.7 Å². The van der Waals surface area contributed by atoms with Gasteiger partial charge in [0.2, 0.25) is 5.91 Å². The smallest absolute Gasteiger partial charge is 0.244 e. The van der Waals surface area contributed by atoms with Crippen molar-refractivity contribution in [1.29, 1.82) is 0 Å². The lowest BCUT2D eigenvalue weighted by Crippen LogP contribution is -2.42. The summed E-state index contributed by atoms with van der Waals surface area (Å²) in [4.78, 5) is 23.5. The van der Waals surface area contributed by atoms with Crippen molar-refractivity contribution in [3.8, 4) is 0 Å². The van der Waals surface area contributed by atoms with Crippen LogP contribution < -0.4 is 0 Å². The van der Waals surface area contributed by atoms with Crippen LogP contribution in [0.15, 0.2) is 48.8 Å². The van der Waals surface area contributed by atoms with Crippen molar-refractivity contribution in [1.82, 2.24) is 19.7 Å². The minimum atomic E-state index is -0.467. The SMILES string of the molecule is CN(C)[C@H](C(=O)N1CCCN(Cc2cccnc2)CC1)c1cccc(F)c1. The predicted octanol–water partition coefficient (Wildman–Crippen LogP) is 2.56. The number of pyridine rings is 1. The zero-order chi connectivity index (χ0) is 19.2. The molecular weight excluding hydrogens is 343 g/mol. The van der Waals surface area contributed by atoms with Crippen LogP contribution in [0.3, 0.4) is 0 Å². The molecule has 27 heavy (non-hydrogen) atoms. The van der Waals surface area contributed by atoms with Crippen molar-refractivity contribution in [3.63, 3.8) is 0 Å². The van der Waals surface area contributed by atoms with Gasteiger partial charge >= 0.3 is 0 Å². The van der Waals surface area contributed by atoms with Crippen molar-refractivity contribution in [2.24, 2.45) is 0 Å². The molecule has 0 bridgehead atoms. The number of nitrogens with zero attached hydrogens (tertiary/aromatic N) is 4.